The molecular weight excluding hydrogens is 266 g/mol. The predicted molar refractivity (Wildman–Crippen MR) is 81.8 cm³/mol. The van der Waals surface area contributed by atoms with Gasteiger partial charge in [-0.1, -0.05) is 13.3 Å². The Morgan fingerprint density at radius 1 is 1.43 bits per heavy atom. The maximum atomic E-state index is 12.1. The maximum absolute atomic E-state index is 12.1. The predicted octanol–water partition coefficient (Wildman–Crippen LogP) is 1.63. The normalized spacial score (nSPS) is 10.5. The summed E-state index contributed by atoms with van der Waals surface area (Å²) in [6.45, 7) is 3.52. The minimum atomic E-state index is -0.105. The summed E-state index contributed by atoms with van der Waals surface area (Å²) in [5.41, 5.74) is 7.18. The molecule has 0 saturated carbocycles. The highest BCUT2D eigenvalue weighted by Gasteiger charge is 2.08. The summed E-state index contributed by atoms with van der Waals surface area (Å²) in [5.74, 6) is 0.289. The highest BCUT2D eigenvalue weighted by Crippen LogP contribution is 2.09. The number of nitrogens with one attached hydrogen (secondary N) is 1. The molecule has 0 unspecified atom stereocenters. The highest BCUT2D eigenvalue weighted by molar-refractivity contribution is 5.94. The number of amides is 1. The average Bonchev–Trinajstić information content (AvgIpc) is 2.96. The summed E-state index contributed by atoms with van der Waals surface area (Å²) in [6.07, 6.45) is 8.07. The molecule has 1 amide bonds. The summed E-state index contributed by atoms with van der Waals surface area (Å²) in [6, 6.07) is 3.43. The van der Waals surface area contributed by atoms with Gasteiger partial charge in [-0.2, -0.15) is 0 Å². The fraction of sp³-hybridized carbons (Fsp3) is 0.400. The average molecular weight is 287 g/mol. The van der Waals surface area contributed by atoms with Crippen LogP contribution in [0.4, 0.5) is 5.82 Å². The largest absolute Gasteiger partial charge is 0.384 e. The number of aromatic nitrogens is 3. The van der Waals surface area contributed by atoms with Gasteiger partial charge < -0.3 is 15.6 Å². The summed E-state index contributed by atoms with van der Waals surface area (Å²) >= 11 is 0. The quantitative estimate of drug-likeness (QED) is 0.758. The molecule has 3 N–H and O–H groups in total. The van der Waals surface area contributed by atoms with E-state index in [4.69, 9.17) is 5.73 Å². The molecular formula is C15H21N5O. The van der Waals surface area contributed by atoms with Gasteiger partial charge in [-0.25, -0.2) is 9.97 Å². The molecule has 21 heavy (non-hydrogen) atoms. The van der Waals surface area contributed by atoms with E-state index in [1.165, 1.54) is 0 Å². The zero-order valence-corrected chi connectivity index (χ0v) is 12.2. The van der Waals surface area contributed by atoms with Crippen molar-refractivity contribution in [2.45, 2.75) is 32.7 Å². The molecule has 2 aromatic heterocycles. The first-order chi connectivity index (χ1) is 10.2. The van der Waals surface area contributed by atoms with E-state index in [-0.39, 0.29) is 5.91 Å². The smallest absolute Gasteiger partial charge is 0.251 e. The number of nitrogens with zero attached hydrogens (tertiary/aromatic N) is 3. The first-order valence-corrected chi connectivity index (χ1v) is 7.19. The Balaban J connectivity index is 1.85. The van der Waals surface area contributed by atoms with E-state index < -0.39 is 0 Å². The summed E-state index contributed by atoms with van der Waals surface area (Å²) in [5, 5.41) is 2.90. The molecule has 0 aliphatic heterocycles. The van der Waals surface area contributed by atoms with Gasteiger partial charge in [-0.15, -0.1) is 0 Å². The zero-order chi connectivity index (χ0) is 15.1. The van der Waals surface area contributed by atoms with Crippen LogP contribution in [0.5, 0.6) is 0 Å². The Morgan fingerprint density at radius 2 is 2.29 bits per heavy atom. The van der Waals surface area contributed by atoms with Crippen LogP contribution in [0.15, 0.2) is 30.9 Å². The lowest BCUT2D eigenvalue weighted by molar-refractivity contribution is 0.0952. The third kappa shape index (κ3) is 4.59. The van der Waals surface area contributed by atoms with Crippen LogP contribution in [0.3, 0.4) is 0 Å². The van der Waals surface area contributed by atoms with Crippen molar-refractivity contribution in [2.24, 2.45) is 0 Å². The topological polar surface area (TPSA) is 85.8 Å². The molecule has 0 fully saturated rings. The second kappa shape index (κ2) is 7.42. The van der Waals surface area contributed by atoms with Crippen LogP contribution in [0, 0.1) is 0 Å². The first kappa shape index (κ1) is 15.0. The molecule has 0 aliphatic carbocycles. The van der Waals surface area contributed by atoms with E-state index in [2.05, 4.69) is 22.2 Å². The van der Waals surface area contributed by atoms with E-state index in [0.717, 1.165) is 31.5 Å². The Kier molecular flexibility index (Phi) is 5.31. The van der Waals surface area contributed by atoms with Crippen molar-refractivity contribution in [3.8, 4) is 0 Å². The number of nitrogens with two attached hydrogens (primary N) is 1. The van der Waals surface area contributed by atoms with E-state index in [1.54, 1.807) is 18.6 Å². The number of carbonyl (C=O) groups excluding carboxylic acids is 1. The van der Waals surface area contributed by atoms with Crippen LogP contribution in [0.25, 0.3) is 0 Å². The second-order valence-corrected chi connectivity index (χ2v) is 4.93. The van der Waals surface area contributed by atoms with E-state index >= 15 is 0 Å². The minimum absolute atomic E-state index is 0.105. The molecule has 0 radical (unpaired) electrons. The molecule has 112 valence electrons. The summed E-state index contributed by atoms with van der Waals surface area (Å²) < 4.78 is 1.98. The van der Waals surface area contributed by atoms with Crippen molar-refractivity contribution in [3.63, 3.8) is 0 Å². The van der Waals surface area contributed by atoms with Crippen LogP contribution < -0.4 is 11.1 Å². The van der Waals surface area contributed by atoms with Gasteiger partial charge in [0, 0.05) is 36.7 Å². The van der Waals surface area contributed by atoms with Crippen LogP contribution in [-0.2, 0) is 13.0 Å². The summed E-state index contributed by atoms with van der Waals surface area (Å²) in [4.78, 5) is 20.3. The van der Waals surface area contributed by atoms with Crippen LogP contribution >= 0.6 is 0 Å². The van der Waals surface area contributed by atoms with Gasteiger partial charge in [-0.05, 0) is 25.0 Å². The maximum Gasteiger partial charge on any atom is 0.251 e. The van der Waals surface area contributed by atoms with Crippen molar-refractivity contribution in [2.75, 3.05) is 12.3 Å². The molecule has 0 atom stereocenters. The Morgan fingerprint density at radius 3 is 3.00 bits per heavy atom. The highest BCUT2D eigenvalue weighted by atomic mass is 16.1. The van der Waals surface area contributed by atoms with Crippen LogP contribution in [0.2, 0.25) is 0 Å². The van der Waals surface area contributed by atoms with E-state index in [1.807, 2.05) is 16.8 Å². The first-order valence-electron chi connectivity index (χ1n) is 7.19. The molecule has 0 saturated heterocycles. The molecule has 2 aromatic rings. The van der Waals surface area contributed by atoms with Gasteiger partial charge in [0.2, 0.25) is 0 Å². The van der Waals surface area contributed by atoms with Gasteiger partial charge in [0.25, 0.3) is 5.91 Å². The lowest BCUT2D eigenvalue weighted by atomic mass is 10.1. The number of imidazole rings is 1. The zero-order valence-electron chi connectivity index (χ0n) is 12.2. The second-order valence-electron chi connectivity index (χ2n) is 4.93. The lowest BCUT2D eigenvalue weighted by Crippen LogP contribution is -2.25. The van der Waals surface area contributed by atoms with Gasteiger partial charge in [-0.3, -0.25) is 4.79 Å². The minimum Gasteiger partial charge on any atom is -0.384 e. The molecule has 0 aromatic carbocycles. The van der Waals surface area contributed by atoms with Crippen molar-refractivity contribution in [3.05, 3.63) is 42.1 Å². The molecule has 6 heteroatoms. The fourth-order valence-corrected chi connectivity index (χ4v) is 2.11. The van der Waals surface area contributed by atoms with Gasteiger partial charge in [0.15, 0.2) is 0 Å². The van der Waals surface area contributed by atoms with Gasteiger partial charge >= 0.3 is 0 Å². The SMILES string of the molecule is CCCc1cc(C(=O)NCCCn2ccnc2)cc(N)n1. The Labute approximate surface area is 124 Å². The Bertz CT molecular complexity index is 580. The molecule has 0 aliphatic rings. The van der Waals surface area contributed by atoms with Crippen molar-refractivity contribution < 1.29 is 4.79 Å². The van der Waals surface area contributed by atoms with Gasteiger partial charge in [0.1, 0.15) is 5.82 Å². The standard InChI is InChI=1S/C15H21N5O/c1-2-4-13-9-12(10-14(16)19-13)15(21)18-5-3-7-20-8-6-17-11-20/h6,8-11H,2-5,7H2,1H3,(H2,16,19)(H,18,21). The van der Waals surface area contributed by atoms with Crippen molar-refractivity contribution >= 4 is 11.7 Å². The Hall–Kier alpha value is -2.37. The molecule has 2 rings (SSSR count). The van der Waals surface area contributed by atoms with Crippen LogP contribution in [-0.4, -0.2) is 27.0 Å². The fourth-order valence-electron chi connectivity index (χ4n) is 2.11. The number of hydrogen-bond donors (Lipinski definition) is 2. The van der Waals surface area contributed by atoms with E-state index in [9.17, 15) is 4.79 Å². The third-order valence-corrected chi connectivity index (χ3v) is 3.10. The van der Waals surface area contributed by atoms with E-state index in [0.29, 0.717) is 17.9 Å². The molecule has 2 heterocycles. The number of rotatable bonds is 7. The van der Waals surface area contributed by atoms with Crippen molar-refractivity contribution in [1.82, 2.24) is 19.9 Å². The molecule has 0 bridgehead atoms. The van der Waals surface area contributed by atoms with Gasteiger partial charge in [0.05, 0.1) is 6.33 Å². The summed E-state index contributed by atoms with van der Waals surface area (Å²) in [7, 11) is 0. The lowest BCUT2D eigenvalue weighted by Gasteiger charge is -2.08. The number of carbonyl (C=O) groups is 1. The van der Waals surface area contributed by atoms with Crippen LogP contribution in [0.1, 0.15) is 35.8 Å². The number of anilines is 1. The number of aryl methyl sites for hydroxylation is 2. The van der Waals surface area contributed by atoms with Crippen molar-refractivity contribution in [1.29, 1.82) is 0 Å². The number of hydrogen-bond acceptors (Lipinski definition) is 4. The number of nitrogen functional groups attached to an aromatic ring is 1. The monoisotopic (exact) mass is 287 g/mol. The molecule has 6 nitrogen and oxygen atoms in total. The third-order valence-electron chi connectivity index (χ3n) is 3.10. The molecule has 0 spiro atoms. The number of pyridine rings is 1.